The molecule has 1 N–H and O–H groups in total. The number of amides is 2. The molecule has 0 aliphatic rings. The molecule has 0 aliphatic heterocycles. The number of hydrogen-bond donors (Lipinski definition) is 1. The highest BCUT2D eigenvalue weighted by Crippen LogP contribution is 2.25. The van der Waals surface area contributed by atoms with Gasteiger partial charge in [-0.2, -0.15) is 0 Å². The molecule has 1 unspecified atom stereocenters. The average molecular weight is 437 g/mol. The van der Waals surface area contributed by atoms with Crippen molar-refractivity contribution in [3.05, 3.63) is 62.6 Å². The van der Waals surface area contributed by atoms with Crippen LogP contribution in [0.1, 0.15) is 29.2 Å². The van der Waals surface area contributed by atoms with Crippen LogP contribution in [0.3, 0.4) is 0 Å². The number of halogens is 2. The molecule has 7 heteroatoms. The van der Waals surface area contributed by atoms with E-state index < -0.39 is 6.04 Å². The highest BCUT2D eigenvalue weighted by Gasteiger charge is 2.26. The Bertz CT molecular complexity index is 915. The van der Waals surface area contributed by atoms with Crippen molar-refractivity contribution in [3.63, 3.8) is 0 Å². The largest absolute Gasteiger partial charge is 0.483 e. The molecule has 0 spiro atoms. The number of aryl methyl sites for hydroxylation is 2. The lowest BCUT2D eigenvalue weighted by molar-refractivity contribution is -0.142. The van der Waals surface area contributed by atoms with Crippen molar-refractivity contribution < 1.29 is 14.3 Å². The van der Waals surface area contributed by atoms with Gasteiger partial charge in [0.2, 0.25) is 5.91 Å². The summed E-state index contributed by atoms with van der Waals surface area (Å²) in [4.78, 5) is 26.6. The highest BCUT2D eigenvalue weighted by atomic mass is 35.5. The van der Waals surface area contributed by atoms with Gasteiger partial charge in [0.1, 0.15) is 11.8 Å². The van der Waals surface area contributed by atoms with Crippen LogP contribution in [0.15, 0.2) is 30.3 Å². The maximum atomic E-state index is 13.0. The fourth-order valence-electron chi connectivity index (χ4n) is 3.00. The van der Waals surface area contributed by atoms with E-state index in [1.165, 1.54) is 11.9 Å². The van der Waals surface area contributed by atoms with Crippen molar-refractivity contribution in [2.24, 2.45) is 0 Å². The molecule has 0 fully saturated rings. The molecule has 0 saturated heterocycles. The third-order valence-electron chi connectivity index (χ3n) is 4.88. The number of ether oxygens (including phenoxy) is 1. The molecule has 2 aromatic carbocycles. The molecule has 2 amide bonds. The van der Waals surface area contributed by atoms with Crippen LogP contribution in [0.4, 0.5) is 0 Å². The molecular formula is C22H26Cl2N2O3. The average Bonchev–Trinajstić information content (AvgIpc) is 2.67. The van der Waals surface area contributed by atoms with Crippen LogP contribution in [-0.4, -0.2) is 36.4 Å². The van der Waals surface area contributed by atoms with E-state index in [1.807, 2.05) is 26.8 Å². The molecule has 29 heavy (non-hydrogen) atoms. The Balaban J connectivity index is 2.23. The van der Waals surface area contributed by atoms with Gasteiger partial charge in [0.15, 0.2) is 6.61 Å². The number of carbonyl (C=O) groups excluding carboxylic acids is 2. The number of nitrogens with one attached hydrogen (secondary N) is 1. The van der Waals surface area contributed by atoms with Gasteiger partial charge in [-0.25, -0.2) is 0 Å². The summed E-state index contributed by atoms with van der Waals surface area (Å²) in [5.74, 6) is 0.0737. The van der Waals surface area contributed by atoms with Crippen LogP contribution in [0.25, 0.3) is 0 Å². The zero-order valence-corrected chi connectivity index (χ0v) is 18.8. The minimum atomic E-state index is -0.691. The Morgan fingerprint density at radius 2 is 1.83 bits per heavy atom. The standard InChI is InChI=1S/C22H26Cl2N2O3/c1-13-8-14(2)15(3)20(9-13)29-12-21(27)26(16(4)22(28)25-5)11-17-6-7-18(23)10-19(17)24/h6-10,16H,11-12H2,1-5H3,(H,25,28). The first-order chi connectivity index (χ1) is 13.6. The Labute approximate surface area is 181 Å². The lowest BCUT2D eigenvalue weighted by Crippen LogP contribution is -2.48. The van der Waals surface area contributed by atoms with E-state index in [0.717, 1.165) is 16.7 Å². The van der Waals surface area contributed by atoms with E-state index in [0.29, 0.717) is 21.4 Å². The van der Waals surface area contributed by atoms with Crippen LogP contribution >= 0.6 is 23.2 Å². The second-order valence-electron chi connectivity index (χ2n) is 7.04. The summed E-state index contributed by atoms with van der Waals surface area (Å²) in [6.45, 7) is 7.58. The van der Waals surface area contributed by atoms with Gasteiger partial charge in [-0.1, -0.05) is 35.3 Å². The molecule has 0 heterocycles. The third-order valence-corrected chi connectivity index (χ3v) is 5.47. The topological polar surface area (TPSA) is 58.6 Å². The summed E-state index contributed by atoms with van der Waals surface area (Å²) < 4.78 is 5.81. The number of benzene rings is 2. The number of hydrogen-bond acceptors (Lipinski definition) is 3. The normalized spacial score (nSPS) is 11.7. The number of likely N-dealkylation sites (N-methyl/N-ethyl adjacent to an activating group) is 1. The predicted molar refractivity (Wildman–Crippen MR) is 117 cm³/mol. The molecule has 2 aromatic rings. The molecule has 156 valence electrons. The summed E-state index contributed by atoms with van der Waals surface area (Å²) in [7, 11) is 1.53. The first kappa shape index (κ1) is 23.0. The minimum absolute atomic E-state index is 0.165. The Morgan fingerprint density at radius 3 is 2.45 bits per heavy atom. The second-order valence-corrected chi connectivity index (χ2v) is 7.88. The van der Waals surface area contributed by atoms with E-state index in [9.17, 15) is 9.59 Å². The van der Waals surface area contributed by atoms with Crippen molar-refractivity contribution in [2.45, 2.75) is 40.3 Å². The monoisotopic (exact) mass is 436 g/mol. The molecule has 2 rings (SSSR count). The SMILES string of the molecule is CNC(=O)C(C)N(Cc1ccc(Cl)cc1Cl)C(=O)COc1cc(C)cc(C)c1C. The van der Waals surface area contributed by atoms with Crippen LogP contribution in [0, 0.1) is 20.8 Å². The quantitative estimate of drug-likeness (QED) is 0.696. The first-order valence-corrected chi connectivity index (χ1v) is 10.0. The fourth-order valence-corrected chi connectivity index (χ4v) is 3.47. The Kier molecular flexibility index (Phi) is 7.94. The molecule has 5 nitrogen and oxygen atoms in total. The fraction of sp³-hybridized carbons (Fsp3) is 0.364. The van der Waals surface area contributed by atoms with Crippen molar-refractivity contribution in [1.29, 1.82) is 0 Å². The van der Waals surface area contributed by atoms with E-state index in [-0.39, 0.29) is 25.0 Å². The molecule has 0 saturated carbocycles. The molecule has 0 radical (unpaired) electrons. The minimum Gasteiger partial charge on any atom is -0.483 e. The predicted octanol–water partition coefficient (Wildman–Crippen LogP) is 4.46. The Hall–Kier alpha value is -2.24. The molecule has 0 aliphatic carbocycles. The summed E-state index contributed by atoms with van der Waals surface area (Å²) in [6, 6.07) is 8.33. The summed E-state index contributed by atoms with van der Waals surface area (Å²) >= 11 is 12.2. The van der Waals surface area contributed by atoms with Gasteiger partial charge in [0, 0.05) is 23.6 Å². The van der Waals surface area contributed by atoms with Gasteiger partial charge < -0.3 is 15.0 Å². The van der Waals surface area contributed by atoms with E-state index in [4.69, 9.17) is 27.9 Å². The van der Waals surface area contributed by atoms with Gasteiger partial charge in [-0.05, 0) is 68.1 Å². The molecular weight excluding hydrogens is 411 g/mol. The highest BCUT2D eigenvalue weighted by molar-refractivity contribution is 6.35. The number of nitrogens with zero attached hydrogens (tertiary/aromatic N) is 1. The zero-order valence-electron chi connectivity index (χ0n) is 17.3. The third kappa shape index (κ3) is 5.87. The van der Waals surface area contributed by atoms with Crippen LogP contribution in [-0.2, 0) is 16.1 Å². The van der Waals surface area contributed by atoms with E-state index in [2.05, 4.69) is 11.4 Å². The van der Waals surface area contributed by atoms with Crippen molar-refractivity contribution in [3.8, 4) is 5.75 Å². The number of carbonyl (C=O) groups is 2. The van der Waals surface area contributed by atoms with Crippen molar-refractivity contribution in [1.82, 2.24) is 10.2 Å². The zero-order chi connectivity index (χ0) is 21.7. The Morgan fingerprint density at radius 1 is 1.14 bits per heavy atom. The van der Waals surface area contributed by atoms with Crippen molar-refractivity contribution >= 4 is 35.0 Å². The second kappa shape index (κ2) is 9.99. The number of rotatable bonds is 7. The molecule has 0 bridgehead atoms. The van der Waals surface area contributed by atoms with Crippen LogP contribution in [0.2, 0.25) is 10.0 Å². The van der Waals surface area contributed by atoms with Crippen LogP contribution in [0.5, 0.6) is 5.75 Å². The van der Waals surface area contributed by atoms with Gasteiger partial charge in [0.05, 0.1) is 0 Å². The molecule has 0 aromatic heterocycles. The lowest BCUT2D eigenvalue weighted by Gasteiger charge is -2.28. The van der Waals surface area contributed by atoms with Gasteiger partial charge >= 0.3 is 0 Å². The first-order valence-electron chi connectivity index (χ1n) is 9.29. The molecule has 1 atom stereocenters. The van der Waals surface area contributed by atoms with Gasteiger partial charge in [-0.15, -0.1) is 0 Å². The maximum Gasteiger partial charge on any atom is 0.261 e. The smallest absolute Gasteiger partial charge is 0.261 e. The van der Waals surface area contributed by atoms with Gasteiger partial charge in [0.25, 0.3) is 5.91 Å². The summed E-state index contributed by atoms with van der Waals surface area (Å²) in [5.41, 5.74) is 3.83. The van der Waals surface area contributed by atoms with Gasteiger partial charge in [-0.3, -0.25) is 9.59 Å². The lowest BCUT2D eigenvalue weighted by atomic mass is 10.1. The summed E-state index contributed by atoms with van der Waals surface area (Å²) in [6.07, 6.45) is 0. The van der Waals surface area contributed by atoms with Crippen LogP contribution < -0.4 is 10.1 Å². The van der Waals surface area contributed by atoms with E-state index in [1.54, 1.807) is 25.1 Å². The summed E-state index contributed by atoms with van der Waals surface area (Å²) in [5, 5.41) is 3.52. The maximum absolute atomic E-state index is 13.0. The van der Waals surface area contributed by atoms with E-state index >= 15 is 0 Å². The van der Waals surface area contributed by atoms with Crippen molar-refractivity contribution in [2.75, 3.05) is 13.7 Å².